The molecule has 6 heteroatoms. The molecule has 0 fully saturated rings. The summed E-state index contributed by atoms with van der Waals surface area (Å²) in [4.78, 5) is 0. The molecular weight excluding hydrogens is 348 g/mol. The first-order valence-corrected chi connectivity index (χ1v) is 9.09. The minimum Gasteiger partial charge on any atom is -0.497 e. The van der Waals surface area contributed by atoms with E-state index in [1.54, 1.807) is 7.11 Å². The Morgan fingerprint density at radius 1 is 1.00 bits per heavy atom. The quantitative estimate of drug-likeness (QED) is 0.662. The molecule has 5 nitrogen and oxygen atoms in total. The summed E-state index contributed by atoms with van der Waals surface area (Å²) in [5.74, 6) is 2.31. The van der Waals surface area contributed by atoms with Crippen LogP contribution in [0.3, 0.4) is 0 Å². The minimum absolute atomic E-state index is 0.0168. The summed E-state index contributed by atoms with van der Waals surface area (Å²) < 4.78 is 16.5. The first-order valence-electron chi connectivity index (χ1n) is 8.68. The molecule has 1 atom stereocenters. The second-order valence-corrected chi connectivity index (χ2v) is 6.03. The maximum absolute atomic E-state index is 5.69. The molecule has 0 saturated heterocycles. The maximum atomic E-state index is 5.69. The van der Waals surface area contributed by atoms with E-state index < -0.39 is 0 Å². The molecule has 0 aromatic heterocycles. The van der Waals surface area contributed by atoms with E-state index in [2.05, 4.69) is 10.6 Å². The van der Waals surface area contributed by atoms with E-state index in [0.717, 1.165) is 28.5 Å². The van der Waals surface area contributed by atoms with Crippen LogP contribution in [0.5, 0.6) is 17.2 Å². The molecular formula is C20H26N2O3S. The van der Waals surface area contributed by atoms with E-state index in [0.29, 0.717) is 18.3 Å². The predicted molar refractivity (Wildman–Crippen MR) is 110 cm³/mol. The molecule has 0 amide bonds. The summed E-state index contributed by atoms with van der Waals surface area (Å²) in [7, 11) is 1.64. The minimum atomic E-state index is 0.0168. The highest BCUT2D eigenvalue weighted by Gasteiger charge is 2.12. The molecule has 0 aliphatic rings. The van der Waals surface area contributed by atoms with E-state index in [-0.39, 0.29) is 6.04 Å². The number of nitrogens with one attached hydrogen (secondary N) is 2. The molecule has 0 saturated carbocycles. The van der Waals surface area contributed by atoms with Gasteiger partial charge >= 0.3 is 0 Å². The summed E-state index contributed by atoms with van der Waals surface area (Å²) in [6.45, 7) is 7.15. The van der Waals surface area contributed by atoms with Gasteiger partial charge in [0.05, 0.1) is 26.4 Å². The first kappa shape index (κ1) is 19.8. The van der Waals surface area contributed by atoms with Crippen molar-refractivity contribution in [2.24, 2.45) is 0 Å². The molecule has 0 aliphatic heterocycles. The van der Waals surface area contributed by atoms with Gasteiger partial charge in [-0.1, -0.05) is 6.07 Å². The Kier molecular flexibility index (Phi) is 7.53. The van der Waals surface area contributed by atoms with Crippen LogP contribution < -0.4 is 24.8 Å². The number of thiocarbonyl (C=S) groups is 1. The zero-order valence-corrected chi connectivity index (χ0v) is 16.5. The van der Waals surface area contributed by atoms with Crippen LogP contribution in [0.2, 0.25) is 0 Å². The summed E-state index contributed by atoms with van der Waals surface area (Å²) in [6, 6.07) is 13.6. The topological polar surface area (TPSA) is 51.8 Å². The maximum Gasteiger partial charge on any atom is 0.171 e. The average Bonchev–Trinajstić information content (AvgIpc) is 2.64. The first-order chi connectivity index (χ1) is 12.6. The van der Waals surface area contributed by atoms with Crippen LogP contribution in [-0.2, 0) is 0 Å². The molecule has 2 aromatic carbocycles. The largest absolute Gasteiger partial charge is 0.497 e. The van der Waals surface area contributed by atoms with E-state index in [1.807, 2.05) is 63.2 Å². The van der Waals surface area contributed by atoms with E-state index in [1.165, 1.54) is 0 Å². The van der Waals surface area contributed by atoms with Gasteiger partial charge < -0.3 is 24.8 Å². The number of anilines is 1. The molecule has 0 heterocycles. The monoisotopic (exact) mass is 374 g/mol. The van der Waals surface area contributed by atoms with Crippen molar-refractivity contribution in [3.05, 3.63) is 48.0 Å². The van der Waals surface area contributed by atoms with E-state index in [9.17, 15) is 0 Å². The summed E-state index contributed by atoms with van der Waals surface area (Å²) in [5.41, 5.74) is 1.97. The third kappa shape index (κ3) is 5.52. The highest BCUT2D eigenvalue weighted by atomic mass is 32.1. The van der Waals surface area contributed by atoms with Gasteiger partial charge in [-0.2, -0.15) is 0 Å². The van der Waals surface area contributed by atoms with Gasteiger partial charge in [-0.3, -0.25) is 0 Å². The Bertz CT molecular complexity index is 719. The lowest BCUT2D eigenvalue weighted by atomic mass is 10.1. The number of hydrogen-bond donors (Lipinski definition) is 2. The Morgan fingerprint density at radius 3 is 2.27 bits per heavy atom. The lowest BCUT2D eigenvalue weighted by molar-refractivity contribution is 0.287. The average molecular weight is 375 g/mol. The molecule has 140 valence electrons. The Hall–Kier alpha value is -2.47. The van der Waals surface area contributed by atoms with Gasteiger partial charge in [0.25, 0.3) is 0 Å². The van der Waals surface area contributed by atoms with Crippen molar-refractivity contribution >= 4 is 23.0 Å². The fraction of sp³-hybridized carbons (Fsp3) is 0.350. The Morgan fingerprint density at radius 2 is 1.65 bits per heavy atom. The predicted octanol–water partition coefficient (Wildman–Crippen LogP) is 4.54. The van der Waals surface area contributed by atoms with Crippen LogP contribution in [0.4, 0.5) is 5.69 Å². The third-order valence-electron chi connectivity index (χ3n) is 3.76. The third-order valence-corrected chi connectivity index (χ3v) is 3.98. The summed E-state index contributed by atoms with van der Waals surface area (Å²) in [5, 5.41) is 7.01. The number of rotatable bonds is 8. The highest BCUT2D eigenvalue weighted by Crippen LogP contribution is 2.30. The van der Waals surface area contributed by atoms with Crippen LogP contribution in [0.15, 0.2) is 42.5 Å². The summed E-state index contributed by atoms with van der Waals surface area (Å²) in [6.07, 6.45) is 0. The zero-order valence-electron chi connectivity index (χ0n) is 15.7. The van der Waals surface area contributed by atoms with Crippen LogP contribution >= 0.6 is 12.2 Å². The molecule has 26 heavy (non-hydrogen) atoms. The lowest BCUT2D eigenvalue weighted by Gasteiger charge is -2.19. The Balaban J connectivity index is 2.02. The van der Waals surface area contributed by atoms with E-state index >= 15 is 0 Å². The van der Waals surface area contributed by atoms with Crippen molar-refractivity contribution in [1.29, 1.82) is 0 Å². The van der Waals surface area contributed by atoms with Crippen molar-refractivity contribution in [2.75, 3.05) is 25.6 Å². The zero-order chi connectivity index (χ0) is 18.9. The van der Waals surface area contributed by atoms with Gasteiger partial charge in [0, 0.05) is 5.69 Å². The van der Waals surface area contributed by atoms with Crippen molar-refractivity contribution in [3.63, 3.8) is 0 Å². The molecule has 2 aromatic rings. The van der Waals surface area contributed by atoms with Crippen molar-refractivity contribution in [2.45, 2.75) is 26.8 Å². The Labute approximate surface area is 160 Å². The van der Waals surface area contributed by atoms with Crippen LogP contribution in [0.25, 0.3) is 0 Å². The van der Waals surface area contributed by atoms with Crippen LogP contribution in [0, 0.1) is 0 Å². The van der Waals surface area contributed by atoms with Gasteiger partial charge in [0.1, 0.15) is 5.75 Å². The number of hydrogen-bond acceptors (Lipinski definition) is 4. The molecule has 1 unspecified atom stereocenters. The molecule has 2 N–H and O–H groups in total. The van der Waals surface area contributed by atoms with Crippen molar-refractivity contribution in [1.82, 2.24) is 5.32 Å². The lowest BCUT2D eigenvalue weighted by Crippen LogP contribution is -2.30. The number of methoxy groups -OCH3 is 1. The number of benzene rings is 2. The van der Waals surface area contributed by atoms with Gasteiger partial charge in [0.2, 0.25) is 0 Å². The molecule has 0 radical (unpaired) electrons. The smallest absolute Gasteiger partial charge is 0.171 e. The van der Waals surface area contributed by atoms with Gasteiger partial charge in [-0.05, 0) is 75.0 Å². The van der Waals surface area contributed by atoms with Crippen molar-refractivity contribution < 1.29 is 14.2 Å². The number of ether oxygens (including phenoxy) is 3. The van der Waals surface area contributed by atoms with Gasteiger partial charge in [-0.25, -0.2) is 0 Å². The van der Waals surface area contributed by atoms with Crippen LogP contribution in [-0.4, -0.2) is 25.4 Å². The van der Waals surface area contributed by atoms with Crippen LogP contribution in [0.1, 0.15) is 32.4 Å². The molecule has 2 rings (SSSR count). The fourth-order valence-electron chi connectivity index (χ4n) is 2.46. The normalized spacial score (nSPS) is 11.4. The molecule has 0 aliphatic carbocycles. The summed E-state index contributed by atoms with van der Waals surface area (Å²) >= 11 is 5.42. The van der Waals surface area contributed by atoms with Gasteiger partial charge in [0.15, 0.2) is 16.6 Å². The highest BCUT2D eigenvalue weighted by molar-refractivity contribution is 7.80. The van der Waals surface area contributed by atoms with Gasteiger partial charge in [-0.15, -0.1) is 0 Å². The van der Waals surface area contributed by atoms with E-state index in [4.69, 9.17) is 26.4 Å². The second-order valence-electron chi connectivity index (χ2n) is 5.62. The molecule has 0 spiro atoms. The van der Waals surface area contributed by atoms with Crippen molar-refractivity contribution in [3.8, 4) is 17.2 Å². The fourth-order valence-corrected chi connectivity index (χ4v) is 2.75. The SMILES string of the molecule is CCOc1ccc(C(C)NC(=S)Nc2ccc(OC)cc2)cc1OCC. The second kappa shape index (κ2) is 9.87. The standard InChI is InChI=1S/C20H26N2O3S/c1-5-24-18-12-7-15(13-19(18)25-6-2)14(3)21-20(26)22-16-8-10-17(23-4)11-9-16/h7-14H,5-6H2,1-4H3,(H2,21,22,26). The molecule has 0 bridgehead atoms.